The second kappa shape index (κ2) is 16.2. The Morgan fingerprint density at radius 3 is 2.11 bits per heavy atom. The Hall–Kier alpha value is -0.830. The smallest absolute Gasteiger partial charge is 0.327 e. The van der Waals surface area contributed by atoms with E-state index in [1.807, 2.05) is 6.92 Å². The number of carbonyl (C=O) groups is 1. The lowest BCUT2D eigenvalue weighted by atomic mass is 10.1. The van der Waals surface area contributed by atoms with Crippen molar-refractivity contribution in [3.63, 3.8) is 0 Å². The van der Waals surface area contributed by atoms with Crippen LogP contribution in [0.1, 0.15) is 72.1 Å². The van der Waals surface area contributed by atoms with Crippen LogP contribution in [0.4, 0.5) is 0 Å². The molecule has 3 heteroatoms. The molecule has 18 heavy (non-hydrogen) atoms. The summed E-state index contributed by atoms with van der Waals surface area (Å²) >= 11 is 0. The second-order valence-electron chi connectivity index (χ2n) is 4.68. The third kappa shape index (κ3) is 24.4. The van der Waals surface area contributed by atoms with Crippen LogP contribution >= 0.6 is 0 Å². The molecule has 0 saturated carbocycles. The molecule has 0 heterocycles. The minimum absolute atomic E-state index is 0.404. The number of allylic oxidation sites excluding steroid dienone is 1. The molecule has 0 spiro atoms. The van der Waals surface area contributed by atoms with Gasteiger partial charge in [0.15, 0.2) is 0 Å². The first-order valence-electron chi connectivity index (χ1n) is 7.19. The van der Waals surface area contributed by atoms with Crippen molar-refractivity contribution in [2.45, 2.75) is 78.2 Å². The molecule has 1 unspecified atom stereocenters. The fourth-order valence-corrected chi connectivity index (χ4v) is 1.47. The molecule has 0 radical (unpaired) electrons. The van der Waals surface area contributed by atoms with Crippen molar-refractivity contribution < 1.29 is 9.90 Å². The molecule has 0 fully saturated rings. The van der Waals surface area contributed by atoms with Gasteiger partial charge in [-0.3, -0.25) is 0 Å². The van der Waals surface area contributed by atoms with Gasteiger partial charge in [-0.05, 0) is 19.8 Å². The van der Waals surface area contributed by atoms with E-state index in [1.165, 1.54) is 44.9 Å². The minimum atomic E-state index is -0.873. The van der Waals surface area contributed by atoms with Crippen LogP contribution in [0.2, 0.25) is 0 Å². The van der Waals surface area contributed by atoms with Gasteiger partial charge >= 0.3 is 5.97 Å². The third-order valence-corrected chi connectivity index (χ3v) is 2.51. The number of aliphatic carboxylic acids is 1. The highest BCUT2D eigenvalue weighted by Crippen LogP contribution is 2.07. The molecule has 3 nitrogen and oxygen atoms in total. The largest absolute Gasteiger partial charge is 0.478 e. The fourth-order valence-electron chi connectivity index (χ4n) is 1.47. The first kappa shape index (κ1) is 19.5. The summed E-state index contributed by atoms with van der Waals surface area (Å²) in [6, 6.07) is 0.404. The van der Waals surface area contributed by atoms with E-state index >= 15 is 0 Å². The van der Waals surface area contributed by atoms with Gasteiger partial charge in [0.25, 0.3) is 0 Å². The van der Waals surface area contributed by atoms with E-state index in [2.05, 4.69) is 13.8 Å². The molecule has 0 amide bonds. The standard InChI is InChI=1S/C10H23N.C5H8O2/c1-3-4-5-6-7-8-9-10(2)11;1-2-3-4-5(6)7/h10H,3-9,11H2,1-2H3;3-4H,2H2,1H3,(H,6,7). The van der Waals surface area contributed by atoms with Gasteiger partial charge in [-0.25, -0.2) is 4.79 Å². The lowest BCUT2D eigenvalue weighted by Crippen LogP contribution is -2.13. The van der Waals surface area contributed by atoms with Gasteiger partial charge in [0, 0.05) is 12.1 Å². The number of rotatable bonds is 9. The SMILES string of the molecule is CCC=CC(=O)O.CCCCCCCCC(C)N. The fraction of sp³-hybridized carbons (Fsp3) is 0.800. The van der Waals surface area contributed by atoms with E-state index in [9.17, 15) is 4.79 Å². The number of hydrogen-bond donors (Lipinski definition) is 2. The molecule has 1 atom stereocenters. The van der Waals surface area contributed by atoms with Gasteiger partial charge in [-0.15, -0.1) is 0 Å². The zero-order valence-electron chi connectivity index (χ0n) is 12.3. The summed E-state index contributed by atoms with van der Waals surface area (Å²) in [4.78, 5) is 9.67. The summed E-state index contributed by atoms with van der Waals surface area (Å²) < 4.78 is 0. The van der Waals surface area contributed by atoms with Gasteiger partial charge in [0.2, 0.25) is 0 Å². The van der Waals surface area contributed by atoms with Crippen molar-refractivity contribution in [2.75, 3.05) is 0 Å². The molecule has 0 aromatic rings. The Bertz CT molecular complexity index is 201. The highest BCUT2D eigenvalue weighted by atomic mass is 16.4. The van der Waals surface area contributed by atoms with E-state index in [0.29, 0.717) is 6.04 Å². The second-order valence-corrected chi connectivity index (χ2v) is 4.68. The van der Waals surface area contributed by atoms with Crippen LogP contribution in [0.15, 0.2) is 12.2 Å². The normalized spacial score (nSPS) is 12.0. The molecule has 0 aromatic heterocycles. The van der Waals surface area contributed by atoms with Gasteiger partial charge in [-0.1, -0.05) is 58.4 Å². The van der Waals surface area contributed by atoms with Crippen LogP contribution < -0.4 is 5.73 Å². The number of carboxylic acid groups (broad SMARTS) is 1. The van der Waals surface area contributed by atoms with Crippen LogP contribution in [0.25, 0.3) is 0 Å². The topological polar surface area (TPSA) is 63.3 Å². The number of nitrogens with two attached hydrogens (primary N) is 1. The first-order chi connectivity index (χ1) is 8.54. The molecule has 0 aromatic carbocycles. The summed E-state index contributed by atoms with van der Waals surface area (Å²) in [5.41, 5.74) is 5.63. The van der Waals surface area contributed by atoms with Gasteiger partial charge < -0.3 is 10.8 Å². The highest BCUT2D eigenvalue weighted by Gasteiger charge is 1.93. The quantitative estimate of drug-likeness (QED) is 0.482. The van der Waals surface area contributed by atoms with Crippen LogP contribution in [0.3, 0.4) is 0 Å². The highest BCUT2D eigenvalue weighted by molar-refractivity contribution is 5.79. The van der Waals surface area contributed by atoms with E-state index in [-0.39, 0.29) is 0 Å². The minimum Gasteiger partial charge on any atom is -0.478 e. The molecule has 3 N–H and O–H groups in total. The van der Waals surface area contributed by atoms with E-state index in [0.717, 1.165) is 12.5 Å². The Morgan fingerprint density at radius 2 is 1.72 bits per heavy atom. The summed E-state index contributed by atoms with van der Waals surface area (Å²) in [6.45, 7) is 6.23. The molecule has 0 aliphatic rings. The number of unbranched alkanes of at least 4 members (excludes halogenated alkanes) is 5. The number of hydrogen-bond acceptors (Lipinski definition) is 2. The summed E-state index contributed by atoms with van der Waals surface area (Å²) in [7, 11) is 0. The third-order valence-electron chi connectivity index (χ3n) is 2.51. The Balaban J connectivity index is 0. The van der Waals surface area contributed by atoms with Crippen molar-refractivity contribution >= 4 is 5.97 Å². The average Bonchev–Trinajstić information content (AvgIpc) is 2.31. The lowest BCUT2D eigenvalue weighted by Gasteiger charge is -2.03. The zero-order valence-corrected chi connectivity index (χ0v) is 12.3. The molecule has 0 aliphatic carbocycles. The van der Waals surface area contributed by atoms with Crippen molar-refractivity contribution in [2.24, 2.45) is 5.73 Å². The van der Waals surface area contributed by atoms with Gasteiger partial charge in [-0.2, -0.15) is 0 Å². The van der Waals surface area contributed by atoms with Crippen molar-refractivity contribution in [3.8, 4) is 0 Å². The van der Waals surface area contributed by atoms with E-state index in [4.69, 9.17) is 10.8 Å². The van der Waals surface area contributed by atoms with Crippen LogP contribution in [0.5, 0.6) is 0 Å². The molecular weight excluding hydrogens is 226 g/mol. The number of carboxylic acids is 1. The molecule has 0 bridgehead atoms. The van der Waals surface area contributed by atoms with Crippen LogP contribution in [-0.4, -0.2) is 17.1 Å². The molecule has 0 rings (SSSR count). The Morgan fingerprint density at radius 1 is 1.17 bits per heavy atom. The van der Waals surface area contributed by atoms with Crippen molar-refractivity contribution in [3.05, 3.63) is 12.2 Å². The maximum Gasteiger partial charge on any atom is 0.327 e. The predicted molar refractivity (Wildman–Crippen MR) is 78.7 cm³/mol. The molecular formula is C15H31NO2. The maximum atomic E-state index is 9.67. The first-order valence-corrected chi connectivity index (χ1v) is 7.19. The molecule has 0 aliphatic heterocycles. The van der Waals surface area contributed by atoms with Crippen molar-refractivity contribution in [1.29, 1.82) is 0 Å². The van der Waals surface area contributed by atoms with Gasteiger partial charge in [0.05, 0.1) is 0 Å². The van der Waals surface area contributed by atoms with Crippen LogP contribution in [-0.2, 0) is 4.79 Å². The average molecular weight is 257 g/mol. The van der Waals surface area contributed by atoms with E-state index < -0.39 is 5.97 Å². The Labute approximate surface area is 112 Å². The summed E-state index contributed by atoms with van der Waals surface area (Å²) in [5, 5.41) is 7.96. The summed E-state index contributed by atoms with van der Waals surface area (Å²) in [6.07, 6.45) is 13.0. The maximum absolute atomic E-state index is 9.67. The van der Waals surface area contributed by atoms with Gasteiger partial charge in [0.1, 0.15) is 0 Å². The molecule has 108 valence electrons. The van der Waals surface area contributed by atoms with E-state index in [1.54, 1.807) is 6.08 Å². The zero-order chi connectivity index (χ0) is 14.2. The Kier molecular flexibility index (Phi) is 17.5. The lowest BCUT2D eigenvalue weighted by molar-refractivity contribution is -0.131. The summed E-state index contributed by atoms with van der Waals surface area (Å²) in [5.74, 6) is -0.873. The van der Waals surface area contributed by atoms with Crippen LogP contribution in [0, 0.1) is 0 Å². The molecule has 0 saturated heterocycles. The van der Waals surface area contributed by atoms with Crippen molar-refractivity contribution in [1.82, 2.24) is 0 Å². The predicted octanol–water partition coefficient (Wildman–Crippen LogP) is 4.12. The monoisotopic (exact) mass is 257 g/mol.